The number of benzene rings is 2. The number of carbonyl (C=O) groups is 1. The van der Waals surface area contributed by atoms with Crippen molar-refractivity contribution in [1.82, 2.24) is 9.88 Å². The van der Waals surface area contributed by atoms with Gasteiger partial charge in [-0.05, 0) is 41.5 Å². The fourth-order valence-corrected chi connectivity index (χ4v) is 3.06. The van der Waals surface area contributed by atoms with Gasteiger partial charge in [-0.1, -0.05) is 41.9 Å². The number of rotatable bonds is 7. The van der Waals surface area contributed by atoms with Crippen LogP contribution >= 0.6 is 11.6 Å². The first-order valence-electron chi connectivity index (χ1n) is 8.44. The average Bonchev–Trinajstić information content (AvgIpc) is 3.20. The maximum atomic E-state index is 12.5. The minimum atomic E-state index is -0.0813. The number of carbonyl (C=O) groups excluding carboxylic acids is 1. The van der Waals surface area contributed by atoms with Gasteiger partial charge in [-0.3, -0.25) is 4.79 Å². The molecule has 1 aromatic heterocycles. The first kappa shape index (κ1) is 18.1. The van der Waals surface area contributed by atoms with Crippen LogP contribution in [0.2, 0.25) is 5.02 Å². The second-order valence-corrected chi connectivity index (χ2v) is 6.40. The van der Waals surface area contributed by atoms with Gasteiger partial charge in [-0.15, -0.1) is 0 Å². The van der Waals surface area contributed by atoms with Gasteiger partial charge in [-0.2, -0.15) is 0 Å². The lowest BCUT2D eigenvalue weighted by atomic mass is 10.0. The summed E-state index contributed by atoms with van der Waals surface area (Å²) in [5.74, 6) is 0.766. The molecule has 3 aromatic rings. The van der Waals surface area contributed by atoms with Gasteiger partial charge in [0, 0.05) is 24.0 Å². The molecule has 1 amide bonds. The van der Waals surface area contributed by atoms with E-state index >= 15 is 0 Å². The molecule has 0 saturated carbocycles. The van der Waals surface area contributed by atoms with Crippen LogP contribution in [-0.4, -0.2) is 17.6 Å². The zero-order valence-corrected chi connectivity index (χ0v) is 15.3. The lowest BCUT2D eigenvalue weighted by Gasteiger charge is -2.20. The van der Waals surface area contributed by atoms with Gasteiger partial charge in [-0.25, -0.2) is 0 Å². The number of methoxy groups -OCH3 is 1. The molecule has 0 spiro atoms. The fraction of sp³-hybridized carbons (Fsp3) is 0.190. The molecule has 0 aliphatic carbocycles. The summed E-state index contributed by atoms with van der Waals surface area (Å²) in [6.45, 7) is 0.416. The summed E-state index contributed by atoms with van der Waals surface area (Å²) in [6.07, 6.45) is 4.28. The molecule has 4 nitrogen and oxygen atoms in total. The highest BCUT2D eigenvalue weighted by molar-refractivity contribution is 6.31. The maximum Gasteiger partial charge on any atom is 0.222 e. The largest absolute Gasteiger partial charge is 0.497 e. The molecule has 2 aromatic carbocycles. The molecule has 3 rings (SSSR count). The van der Waals surface area contributed by atoms with Crippen molar-refractivity contribution in [2.24, 2.45) is 0 Å². The number of hydrogen-bond acceptors (Lipinski definition) is 2. The molecular formula is C21H21ClN2O2. The number of aromatic nitrogens is 1. The molecule has 0 bridgehead atoms. The van der Waals surface area contributed by atoms with Crippen molar-refractivity contribution in [3.8, 4) is 5.75 Å². The lowest BCUT2D eigenvalue weighted by molar-refractivity contribution is -0.121. The number of amides is 1. The predicted octanol–water partition coefficient (Wildman–Crippen LogP) is 4.45. The van der Waals surface area contributed by atoms with E-state index in [1.54, 1.807) is 7.11 Å². The van der Waals surface area contributed by atoms with Gasteiger partial charge in [0.15, 0.2) is 0 Å². The molecule has 1 heterocycles. The van der Waals surface area contributed by atoms with Crippen LogP contribution in [-0.2, 0) is 11.3 Å². The van der Waals surface area contributed by atoms with Crippen molar-refractivity contribution in [2.75, 3.05) is 7.11 Å². The van der Waals surface area contributed by atoms with Crippen LogP contribution < -0.4 is 10.1 Å². The van der Waals surface area contributed by atoms with Gasteiger partial charge in [0.2, 0.25) is 5.91 Å². The summed E-state index contributed by atoms with van der Waals surface area (Å²) in [4.78, 5) is 12.5. The zero-order valence-electron chi connectivity index (χ0n) is 14.6. The summed E-state index contributed by atoms with van der Waals surface area (Å²) < 4.78 is 7.26. The van der Waals surface area contributed by atoms with Crippen LogP contribution in [0.5, 0.6) is 5.75 Å². The van der Waals surface area contributed by atoms with Crippen LogP contribution in [0.1, 0.15) is 23.6 Å². The number of nitrogens with zero attached hydrogens (tertiary/aromatic N) is 1. The van der Waals surface area contributed by atoms with Crippen molar-refractivity contribution in [3.63, 3.8) is 0 Å². The Balaban J connectivity index is 1.71. The van der Waals surface area contributed by atoms with E-state index in [1.165, 1.54) is 0 Å². The quantitative estimate of drug-likeness (QED) is 0.669. The third-order valence-electron chi connectivity index (χ3n) is 4.30. The smallest absolute Gasteiger partial charge is 0.222 e. The van der Waals surface area contributed by atoms with Crippen molar-refractivity contribution in [2.45, 2.75) is 19.0 Å². The van der Waals surface area contributed by atoms with E-state index in [0.29, 0.717) is 18.0 Å². The van der Waals surface area contributed by atoms with E-state index in [0.717, 1.165) is 16.9 Å². The third-order valence-corrected chi connectivity index (χ3v) is 4.67. The number of ether oxygens (including phenoxy) is 1. The second kappa shape index (κ2) is 8.59. The van der Waals surface area contributed by atoms with E-state index in [-0.39, 0.29) is 11.9 Å². The normalized spacial score (nSPS) is 11.8. The van der Waals surface area contributed by atoms with Gasteiger partial charge in [0.1, 0.15) is 5.75 Å². The maximum absolute atomic E-state index is 12.5. The Morgan fingerprint density at radius 1 is 1.08 bits per heavy atom. The molecule has 0 fully saturated rings. The summed E-state index contributed by atoms with van der Waals surface area (Å²) in [7, 11) is 1.64. The highest BCUT2D eigenvalue weighted by Crippen LogP contribution is 2.24. The summed E-state index contributed by atoms with van der Waals surface area (Å²) in [5.41, 5.74) is 1.96. The zero-order chi connectivity index (χ0) is 18.4. The Hall–Kier alpha value is -2.72. The molecule has 0 aliphatic rings. The molecule has 134 valence electrons. The van der Waals surface area contributed by atoms with Crippen LogP contribution in [0.25, 0.3) is 0 Å². The first-order valence-corrected chi connectivity index (χ1v) is 8.81. The number of halogens is 1. The van der Waals surface area contributed by atoms with E-state index in [4.69, 9.17) is 16.3 Å². The number of nitrogens with one attached hydrogen (secondary N) is 1. The second-order valence-electron chi connectivity index (χ2n) is 5.99. The number of hydrogen-bond donors (Lipinski definition) is 1. The molecule has 1 atom stereocenters. The van der Waals surface area contributed by atoms with Crippen molar-refractivity contribution >= 4 is 17.5 Å². The standard InChI is InChI=1S/C21H21ClN2O2/c1-26-18-10-8-16(9-11-18)20(24-12-4-5-13-24)14-21(25)23-15-17-6-2-3-7-19(17)22/h2-13,20H,14-15H2,1H3,(H,23,25)/t20-/m1/s1. The average molecular weight is 369 g/mol. The van der Waals surface area contributed by atoms with Crippen LogP contribution in [0.4, 0.5) is 0 Å². The molecular weight excluding hydrogens is 348 g/mol. The Kier molecular flexibility index (Phi) is 5.97. The summed E-state index contributed by atoms with van der Waals surface area (Å²) >= 11 is 6.15. The Labute approximate surface area is 158 Å². The summed E-state index contributed by atoms with van der Waals surface area (Å²) in [6, 6.07) is 19.2. The molecule has 0 radical (unpaired) electrons. The highest BCUT2D eigenvalue weighted by Gasteiger charge is 2.17. The third kappa shape index (κ3) is 4.46. The van der Waals surface area contributed by atoms with Gasteiger partial charge >= 0.3 is 0 Å². The van der Waals surface area contributed by atoms with Gasteiger partial charge in [0.05, 0.1) is 19.6 Å². The molecule has 0 unspecified atom stereocenters. The molecule has 5 heteroatoms. The summed E-state index contributed by atoms with van der Waals surface area (Å²) in [5, 5.41) is 3.62. The molecule has 0 saturated heterocycles. The first-order chi connectivity index (χ1) is 12.7. The van der Waals surface area contributed by atoms with Crippen molar-refractivity contribution in [1.29, 1.82) is 0 Å². The van der Waals surface area contributed by atoms with Crippen LogP contribution in [0.15, 0.2) is 73.1 Å². The van der Waals surface area contributed by atoms with E-state index in [2.05, 4.69) is 5.32 Å². The monoisotopic (exact) mass is 368 g/mol. The van der Waals surface area contributed by atoms with Crippen molar-refractivity contribution in [3.05, 3.63) is 89.2 Å². The van der Waals surface area contributed by atoms with Gasteiger partial charge < -0.3 is 14.6 Å². The van der Waals surface area contributed by atoms with Crippen LogP contribution in [0, 0.1) is 0 Å². The van der Waals surface area contributed by atoms with E-state index in [9.17, 15) is 4.79 Å². The molecule has 0 aliphatic heterocycles. The predicted molar refractivity (Wildman–Crippen MR) is 103 cm³/mol. The molecule has 26 heavy (non-hydrogen) atoms. The van der Waals surface area contributed by atoms with Gasteiger partial charge in [0.25, 0.3) is 0 Å². The Morgan fingerprint density at radius 3 is 2.42 bits per heavy atom. The van der Waals surface area contributed by atoms with Crippen molar-refractivity contribution < 1.29 is 9.53 Å². The lowest BCUT2D eigenvalue weighted by Crippen LogP contribution is -2.26. The SMILES string of the molecule is COc1ccc([C@@H](CC(=O)NCc2ccccc2Cl)n2cccc2)cc1. The van der Waals surface area contributed by atoms with E-state index < -0.39 is 0 Å². The topological polar surface area (TPSA) is 43.3 Å². The fourth-order valence-electron chi connectivity index (χ4n) is 2.86. The Morgan fingerprint density at radius 2 is 1.77 bits per heavy atom. The minimum absolute atomic E-state index is 0.0283. The minimum Gasteiger partial charge on any atom is -0.497 e. The van der Waals surface area contributed by atoms with Crippen LogP contribution in [0.3, 0.4) is 0 Å². The van der Waals surface area contributed by atoms with E-state index in [1.807, 2.05) is 77.6 Å². The highest BCUT2D eigenvalue weighted by atomic mass is 35.5. The Bertz CT molecular complexity index is 845. The molecule has 1 N–H and O–H groups in total.